The summed E-state index contributed by atoms with van der Waals surface area (Å²) in [6.45, 7) is 1.51. The molecule has 53 heavy (non-hydrogen) atoms. The molecule has 5 amide bonds. The maximum absolute atomic E-state index is 13.7. The highest BCUT2D eigenvalue weighted by Crippen LogP contribution is 2.30. The van der Waals surface area contributed by atoms with Crippen molar-refractivity contribution in [2.75, 3.05) is 36.4 Å². The fraction of sp³-hybridized carbons (Fsp3) is 0.351. The molecule has 16 nitrogen and oxygen atoms in total. The number of nitrogens with zero attached hydrogens (tertiary/aromatic N) is 4. The molecule has 278 valence electrons. The third-order valence-corrected chi connectivity index (χ3v) is 9.40. The number of tetrazole rings is 1. The van der Waals surface area contributed by atoms with E-state index in [-0.39, 0.29) is 43.8 Å². The van der Waals surface area contributed by atoms with Gasteiger partial charge in [0.1, 0.15) is 12.6 Å². The Balaban J connectivity index is 1.31. The van der Waals surface area contributed by atoms with Gasteiger partial charge in [-0.2, -0.15) is 5.21 Å². The number of rotatable bonds is 15. The molecule has 1 aromatic heterocycles. The zero-order valence-electron chi connectivity index (χ0n) is 29.5. The third-order valence-electron chi connectivity index (χ3n) is 9.40. The summed E-state index contributed by atoms with van der Waals surface area (Å²) < 4.78 is 0. The van der Waals surface area contributed by atoms with Crippen LogP contribution in [-0.2, 0) is 30.4 Å². The molecule has 0 bridgehead atoms. The highest BCUT2D eigenvalue weighted by molar-refractivity contribution is 6.01. The fourth-order valence-electron chi connectivity index (χ4n) is 6.39. The van der Waals surface area contributed by atoms with Crippen molar-refractivity contribution < 1.29 is 24.0 Å². The second-order valence-corrected chi connectivity index (χ2v) is 13.1. The lowest BCUT2D eigenvalue weighted by atomic mass is 9.81. The topological polar surface area (TPSA) is 257 Å². The summed E-state index contributed by atoms with van der Waals surface area (Å²) in [5, 5.41) is 22.3. The number of benzene rings is 3. The molecule has 4 aromatic rings. The highest BCUT2D eigenvalue weighted by Gasteiger charge is 2.29. The Labute approximate surface area is 306 Å². The summed E-state index contributed by atoms with van der Waals surface area (Å²) in [7, 11) is 0. The van der Waals surface area contributed by atoms with E-state index in [9.17, 15) is 24.0 Å². The van der Waals surface area contributed by atoms with Crippen LogP contribution in [0.4, 0.5) is 11.4 Å². The third kappa shape index (κ3) is 10.3. The van der Waals surface area contributed by atoms with Crippen molar-refractivity contribution in [2.24, 2.45) is 29.0 Å². The lowest BCUT2D eigenvalue weighted by molar-refractivity contribution is -0.130. The number of hydrogen-bond acceptors (Lipinski definition) is 10. The average molecular weight is 724 g/mol. The lowest BCUT2D eigenvalue weighted by Gasteiger charge is -2.28. The number of anilines is 2. The van der Waals surface area contributed by atoms with Gasteiger partial charge in [0.2, 0.25) is 35.4 Å². The number of nitrogens with one attached hydrogen (secondary N) is 4. The number of carbonyl (C=O) groups excluding carboxylic acids is 5. The molecule has 0 spiro atoms. The Morgan fingerprint density at radius 1 is 0.925 bits per heavy atom. The predicted octanol–water partition coefficient (Wildman–Crippen LogP) is 1.17. The van der Waals surface area contributed by atoms with Gasteiger partial charge in [0.15, 0.2) is 0 Å². The number of nitrogens with two attached hydrogens (primary N) is 3. The van der Waals surface area contributed by atoms with E-state index in [2.05, 4.69) is 36.6 Å². The molecule has 0 unspecified atom stereocenters. The van der Waals surface area contributed by atoms with Gasteiger partial charge in [-0.15, -0.1) is 10.2 Å². The Morgan fingerprint density at radius 2 is 1.62 bits per heavy atom. The summed E-state index contributed by atoms with van der Waals surface area (Å²) in [5.74, 6) is -1.57. The number of amides is 5. The van der Waals surface area contributed by atoms with Gasteiger partial charge in [0.25, 0.3) is 0 Å². The summed E-state index contributed by atoms with van der Waals surface area (Å²) in [6.07, 6.45) is 3.47. The molecule has 1 atom stereocenters. The van der Waals surface area contributed by atoms with Gasteiger partial charge in [-0.1, -0.05) is 30.3 Å². The van der Waals surface area contributed by atoms with Crippen LogP contribution in [0.2, 0.25) is 0 Å². The van der Waals surface area contributed by atoms with E-state index in [1.54, 1.807) is 36.4 Å². The number of primary amides is 1. The van der Waals surface area contributed by atoms with Gasteiger partial charge in [-0.25, -0.2) is 0 Å². The van der Waals surface area contributed by atoms with Gasteiger partial charge >= 0.3 is 0 Å². The van der Waals surface area contributed by atoms with E-state index in [1.807, 2.05) is 37.3 Å². The number of aromatic nitrogens is 4. The highest BCUT2D eigenvalue weighted by atomic mass is 16.2. The maximum Gasteiger partial charge on any atom is 0.247 e. The van der Waals surface area contributed by atoms with Crippen LogP contribution in [0, 0.1) is 18.8 Å². The van der Waals surface area contributed by atoms with Crippen molar-refractivity contribution in [1.82, 2.24) is 31.3 Å². The molecular weight excluding hydrogens is 678 g/mol. The minimum atomic E-state index is -0.845. The zero-order valence-corrected chi connectivity index (χ0v) is 29.5. The first-order valence-electron chi connectivity index (χ1n) is 17.4. The van der Waals surface area contributed by atoms with E-state index in [0.717, 1.165) is 53.5 Å². The van der Waals surface area contributed by atoms with Gasteiger partial charge < -0.3 is 38.1 Å². The van der Waals surface area contributed by atoms with Crippen LogP contribution in [0.3, 0.4) is 0 Å². The van der Waals surface area contributed by atoms with Crippen LogP contribution < -0.4 is 38.1 Å². The van der Waals surface area contributed by atoms with Crippen molar-refractivity contribution in [3.63, 3.8) is 0 Å². The van der Waals surface area contributed by atoms with Crippen molar-refractivity contribution in [2.45, 2.75) is 45.1 Å². The number of carbonyl (C=O) groups is 5. The van der Waals surface area contributed by atoms with Crippen LogP contribution in [0.25, 0.3) is 22.5 Å². The minimum Gasteiger partial charge on any atom is -0.368 e. The van der Waals surface area contributed by atoms with Crippen molar-refractivity contribution in [3.05, 3.63) is 77.9 Å². The number of aromatic amines is 1. The predicted molar refractivity (Wildman–Crippen MR) is 199 cm³/mol. The van der Waals surface area contributed by atoms with Crippen LogP contribution in [-0.4, -0.2) is 82.4 Å². The first-order chi connectivity index (χ1) is 25.5. The Kier molecular flexibility index (Phi) is 13.0. The molecule has 16 heteroatoms. The number of aryl methyl sites for hydroxylation is 1. The summed E-state index contributed by atoms with van der Waals surface area (Å²) in [5.41, 5.74) is 21.7. The first-order valence-corrected chi connectivity index (χ1v) is 17.4. The minimum absolute atomic E-state index is 0.147. The van der Waals surface area contributed by atoms with Crippen LogP contribution in [0.1, 0.15) is 36.8 Å². The first kappa shape index (κ1) is 38.2. The van der Waals surface area contributed by atoms with E-state index in [1.165, 1.54) is 4.90 Å². The molecule has 0 aliphatic heterocycles. The zero-order chi connectivity index (χ0) is 37.9. The fourth-order valence-corrected chi connectivity index (χ4v) is 6.39. The maximum atomic E-state index is 13.7. The van der Waals surface area contributed by atoms with E-state index < -0.39 is 23.8 Å². The summed E-state index contributed by atoms with van der Waals surface area (Å²) in [4.78, 5) is 64.6. The second kappa shape index (κ2) is 18.0. The molecule has 1 aliphatic carbocycles. The molecule has 1 saturated carbocycles. The van der Waals surface area contributed by atoms with E-state index in [4.69, 9.17) is 17.2 Å². The van der Waals surface area contributed by atoms with Gasteiger partial charge in [-0.3, -0.25) is 24.0 Å². The van der Waals surface area contributed by atoms with E-state index >= 15 is 0 Å². The van der Waals surface area contributed by atoms with Gasteiger partial charge in [-0.05, 0) is 109 Å². The molecule has 1 fully saturated rings. The van der Waals surface area contributed by atoms with Crippen molar-refractivity contribution in [3.8, 4) is 22.5 Å². The monoisotopic (exact) mass is 723 g/mol. The molecule has 3 aromatic carbocycles. The lowest BCUT2D eigenvalue weighted by Crippen LogP contribution is -2.48. The van der Waals surface area contributed by atoms with Crippen molar-refractivity contribution in [1.29, 1.82) is 0 Å². The molecule has 0 saturated heterocycles. The Morgan fingerprint density at radius 3 is 2.23 bits per heavy atom. The average Bonchev–Trinajstić information content (AvgIpc) is 3.71. The Bertz CT molecular complexity index is 1890. The quantitative estimate of drug-likeness (QED) is 0.0921. The molecule has 1 aliphatic rings. The second-order valence-electron chi connectivity index (χ2n) is 13.1. The SMILES string of the molecule is Cc1cc(N(CC(N)=O)C(=O)CNC(=O)CN)ccc1-c1ccc(C[C@H](NC(=O)C2CCC(CN)CC2)C(=O)Nc2ccc(-c3nn[nH]n3)cc2)cc1. The molecule has 1 heterocycles. The smallest absolute Gasteiger partial charge is 0.247 e. The largest absolute Gasteiger partial charge is 0.368 e. The molecule has 5 rings (SSSR count). The van der Waals surface area contributed by atoms with E-state index in [0.29, 0.717) is 29.7 Å². The summed E-state index contributed by atoms with van der Waals surface area (Å²) >= 11 is 0. The Hall–Kier alpha value is -6.00. The van der Waals surface area contributed by atoms with Crippen molar-refractivity contribution >= 4 is 40.9 Å². The molecule has 0 radical (unpaired) electrons. The van der Waals surface area contributed by atoms with Gasteiger partial charge in [0.05, 0.1) is 13.1 Å². The van der Waals surface area contributed by atoms with Crippen LogP contribution in [0.5, 0.6) is 0 Å². The summed E-state index contributed by atoms with van der Waals surface area (Å²) in [6, 6.07) is 19.1. The van der Waals surface area contributed by atoms with Gasteiger partial charge in [0, 0.05) is 29.3 Å². The van der Waals surface area contributed by atoms with Crippen LogP contribution in [0.15, 0.2) is 66.7 Å². The normalized spacial score (nSPS) is 15.9. The molecule has 10 N–H and O–H groups in total. The number of hydrogen-bond donors (Lipinski definition) is 7. The standard InChI is InChI=1S/C37H45N11O5/c1-22-16-29(48(21-32(40)49)34(51)20-41-33(50)19-39)14-15-30(22)25-6-2-23(3-7-25)17-31(43-36(52)27-8-4-24(18-38)5-9-27)37(53)42-28-12-10-26(11-13-28)35-44-46-47-45-35/h2-3,6-7,10-16,24,27,31H,4-5,8-9,17-21,38-39H2,1H3,(H2,40,49)(H,41,50)(H,42,53)(H,43,52)(H,44,45,46,47)/t24?,27?,31-/m0/s1. The number of H-pyrrole nitrogens is 1. The molecular formula is C37H45N11O5. The van der Waals surface area contributed by atoms with Crippen LogP contribution >= 0.6 is 0 Å².